The van der Waals surface area contributed by atoms with Crippen molar-refractivity contribution in [3.05, 3.63) is 84.3 Å². The van der Waals surface area contributed by atoms with Crippen molar-refractivity contribution in [2.24, 2.45) is 0 Å². The molecule has 2 aromatic carbocycles. The molecule has 3 heterocycles. The van der Waals surface area contributed by atoms with E-state index in [0.717, 1.165) is 35.9 Å². The summed E-state index contributed by atoms with van der Waals surface area (Å²) in [5.74, 6) is -0.681. The second kappa shape index (κ2) is 12.3. The first kappa shape index (κ1) is 26.7. The number of aromatic nitrogens is 5. The zero-order valence-corrected chi connectivity index (χ0v) is 21.5. The molecular formula is C27H26F2N8O3. The van der Waals surface area contributed by atoms with Crippen molar-refractivity contribution in [3.63, 3.8) is 0 Å². The lowest BCUT2D eigenvalue weighted by molar-refractivity contribution is -0.116. The highest BCUT2D eigenvalue weighted by atomic mass is 19.2. The number of hydrogen-bond donors (Lipinski definition) is 3. The molecule has 3 N–H and O–H groups in total. The maximum Gasteiger partial charge on any atom is 0.246 e. The number of ether oxygens (including phenoxy) is 1. The lowest BCUT2D eigenvalue weighted by Crippen LogP contribution is -2.19. The number of nitrogens with zero attached hydrogens (tertiary/aromatic N) is 5. The van der Waals surface area contributed by atoms with E-state index in [-0.39, 0.29) is 12.2 Å². The highest BCUT2D eigenvalue weighted by Gasteiger charge is 2.12. The molecule has 0 spiro atoms. The van der Waals surface area contributed by atoms with Crippen molar-refractivity contribution >= 4 is 34.0 Å². The molecular weight excluding hydrogens is 522 g/mol. The molecule has 0 unspecified atom stereocenters. The van der Waals surface area contributed by atoms with Gasteiger partial charge < -0.3 is 25.2 Å². The van der Waals surface area contributed by atoms with Crippen LogP contribution in [0.2, 0.25) is 0 Å². The second-order valence-corrected chi connectivity index (χ2v) is 8.91. The highest BCUT2D eigenvalue weighted by Crippen LogP contribution is 2.26. The maximum absolute atomic E-state index is 13.8. The average Bonchev–Trinajstić information content (AvgIpc) is 3.56. The average molecular weight is 549 g/mol. The third kappa shape index (κ3) is 6.74. The summed E-state index contributed by atoms with van der Waals surface area (Å²) >= 11 is 0. The summed E-state index contributed by atoms with van der Waals surface area (Å²) in [7, 11) is 0. The van der Waals surface area contributed by atoms with E-state index < -0.39 is 17.5 Å². The summed E-state index contributed by atoms with van der Waals surface area (Å²) in [4.78, 5) is 20.9. The Kier molecular flexibility index (Phi) is 8.21. The normalized spacial score (nSPS) is 11.1. The largest absolute Gasteiger partial charge is 0.493 e. The van der Waals surface area contributed by atoms with E-state index in [2.05, 4.69) is 36.2 Å². The Hall–Kier alpha value is -4.91. The standard InChI is InChI=1S/C27H26F2N8O3/c1-17-10-18(36-40-17)12-30-8-3-9-39-20-6-7-21-24(11-20)31-16-32-27(21)34-19-13-33-37(14-19)15-25(38)35-23-5-2-4-22(28)26(23)29/h2,4-7,10-11,13-14,16,30H,3,8-9,12,15H2,1H3,(H,35,38)(H,31,32,34). The first-order valence-corrected chi connectivity index (χ1v) is 12.5. The van der Waals surface area contributed by atoms with Gasteiger partial charge >= 0.3 is 0 Å². The van der Waals surface area contributed by atoms with Gasteiger partial charge in [-0.3, -0.25) is 9.48 Å². The number of halogens is 2. The molecule has 0 aliphatic rings. The van der Waals surface area contributed by atoms with Gasteiger partial charge in [-0.2, -0.15) is 5.10 Å². The number of benzene rings is 2. The van der Waals surface area contributed by atoms with E-state index >= 15 is 0 Å². The predicted octanol–water partition coefficient (Wildman–Crippen LogP) is 4.34. The third-order valence-electron chi connectivity index (χ3n) is 5.78. The molecule has 0 atom stereocenters. The minimum Gasteiger partial charge on any atom is -0.493 e. The van der Waals surface area contributed by atoms with Gasteiger partial charge in [0.2, 0.25) is 5.91 Å². The van der Waals surface area contributed by atoms with Gasteiger partial charge in [-0.25, -0.2) is 18.7 Å². The van der Waals surface area contributed by atoms with Crippen molar-refractivity contribution < 1.29 is 22.8 Å². The summed E-state index contributed by atoms with van der Waals surface area (Å²) in [6.07, 6.45) is 5.38. The number of amides is 1. The number of rotatable bonds is 12. The third-order valence-corrected chi connectivity index (χ3v) is 5.78. The second-order valence-electron chi connectivity index (χ2n) is 8.91. The SMILES string of the molecule is Cc1cc(CNCCCOc2ccc3c(Nc4cnn(CC(=O)Nc5cccc(F)c5F)c4)ncnc3c2)no1. The Morgan fingerprint density at radius 2 is 2.05 bits per heavy atom. The fourth-order valence-corrected chi connectivity index (χ4v) is 3.92. The number of nitrogens with one attached hydrogen (secondary N) is 3. The summed E-state index contributed by atoms with van der Waals surface area (Å²) in [6, 6.07) is 11.0. The first-order chi connectivity index (χ1) is 19.4. The zero-order chi connectivity index (χ0) is 27.9. The molecule has 11 nitrogen and oxygen atoms in total. The Morgan fingerprint density at radius 3 is 2.90 bits per heavy atom. The molecule has 0 aliphatic heterocycles. The van der Waals surface area contributed by atoms with E-state index in [1.807, 2.05) is 31.2 Å². The quantitative estimate of drug-likeness (QED) is 0.195. The van der Waals surface area contributed by atoms with Crippen LogP contribution in [-0.2, 0) is 17.9 Å². The van der Waals surface area contributed by atoms with Gasteiger partial charge in [0.15, 0.2) is 11.6 Å². The van der Waals surface area contributed by atoms with E-state index in [0.29, 0.717) is 35.9 Å². The molecule has 0 saturated heterocycles. The zero-order valence-electron chi connectivity index (χ0n) is 21.5. The van der Waals surface area contributed by atoms with Gasteiger partial charge in [0.05, 0.1) is 35.4 Å². The van der Waals surface area contributed by atoms with Crippen molar-refractivity contribution in [2.45, 2.75) is 26.4 Å². The Balaban J connectivity index is 1.13. The van der Waals surface area contributed by atoms with Crippen molar-refractivity contribution in [1.29, 1.82) is 0 Å². The van der Waals surface area contributed by atoms with Crippen molar-refractivity contribution in [3.8, 4) is 5.75 Å². The Labute approximate surface area is 227 Å². The van der Waals surface area contributed by atoms with Crippen LogP contribution in [0, 0.1) is 18.6 Å². The summed E-state index contributed by atoms with van der Waals surface area (Å²) < 4.78 is 39.5. The molecule has 0 saturated carbocycles. The number of aryl methyl sites for hydroxylation is 1. The van der Waals surface area contributed by atoms with Crippen molar-refractivity contribution in [2.75, 3.05) is 23.8 Å². The van der Waals surface area contributed by atoms with Crippen LogP contribution in [0.5, 0.6) is 5.75 Å². The number of hydrogen-bond acceptors (Lipinski definition) is 9. The molecule has 0 bridgehead atoms. The van der Waals surface area contributed by atoms with Crippen LogP contribution >= 0.6 is 0 Å². The minimum absolute atomic E-state index is 0.196. The number of carbonyl (C=O) groups is 1. The molecule has 0 aliphatic carbocycles. The lowest BCUT2D eigenvalue weighted by Gasteiger charge is -2.10. The van der Waals surface area contributed by atoms with Crippen LogP contribution in [0.1, 0.15) is 17.9 Å². The molecule has 5 aromatic rings. The van der Waals surface area contributed by atoms with Gasteiger partial charge in [-0.15, -0.1) is 0 Å². The van der Waals surface area contributed by atoms with Crippen molar-refractivity contribution in [1.82, 2.24) is 30.2 Å². The van der Waals surface area contributed by atoms with E-state index in [4.69, 9.17) is 9.26 Å². The maximum atomic E-state index is 13.8. The Bertz CT molecular complexity index is 1620. The highest BCUT2D eigenvalue weighted by molar-refractivity contribution is 5.92. The molecule has 1 amide bonds. The van der Waals surface area contributed by atoms with Gasteiger partial charge in [-0.1, -0.05) is 11.2 Å². The topological polar surface area (TPSA) is 132 Å². The molecule has 206 valence electrons. The first-order valence-electron chi connectivity index (χ1n) is 12.5. The summed E-state index contributed by atoms with van der Waals surface area (Å²) in [5.41, 5.74) is 1.91. The minimum atomic E-state index is -1.12. The van der Waals surface area contributed by atoms with Crippen LogP contribution in [0.4, 0.5) is 26.0 Å². The fraction of sp³-hybridized carbons (Fsp3) is 0.222. The monoisotopic (exact) mass is 548 g/mol. The molecule has 40 heavy (non-hydrogen) atoms. The van der Waals surface area contributed by atoms with Crippen LogP contribution in [0.25, 0.3) is 10.9 Å². The molecule has 13 heteroatoms. The molecule has 3 aromatic heterocycles. The fourth-order valence-electron chi connectivity index (χ4n) is 3.92. The van der Waals surface area contributed by atoms with E-state index in [1.54, 1.807) is 6.20 Å². The van der Waals surface area contributed by atoms with Gasteiger partial charge in [0.1, 0.15) is 30.2 Å². The van der Waals surface area contributed by atoms with Gasteiger partial charge in [0.25, 0.3) is 0 Å². The molecule has 0 radical (unpaired) electrons. The number of anilines is 3. The van der Waals surface area contributed by atoms with Crippen LogP contribution in [-0.4, -0.2) is 44.0 Å². The van der Waals surface area contributed by atoms with E-state index in [9.17, 15) is 13.6 Å². The lowest BCUT2D eigenvalue weighted by atomic mass is 10.2. The molecule has 0 fully saturated rings. The van der Waals surface area contributed by atoms with Gasteiger partial charge in [-0.05, 0) is 44.2 Å². The van der Waals surface area contributed by atoms with E-state index in [1.165, 1.54) is 29.3 Å². The summed E-state index contributed by atoms with van der Waals surface area (Å²) in [5, 5.41) is 17.7. The number of carbonyl (C=O) groups excluding carboxylic acids is 1. The molecule has 5 rings (SSSR count). The summed E-state index contributed by atoms with van der Waals surface area (Å²) in [6.45, 7) is 3.61. The predicted molar refractivity (Wildman–Crippen MR) is 143 cm³/mol. The number of fused-ring (bicyclic) bond motifs is 1. The van der Waals surface area contributed by atoms with Crippen LogP contribution < -0.4 is 20.7 Å². The smallest absolute Gasteiger partial charge is 0.246 e. The Morgan fingerprint density at radius 1 is 1.15 bits per heavy atom. The van der Waals surface area contributed by atoms with Crippen LogP contribution in [0.15, 0.2) is 65.7 Å². The van der Waals surface area contributed by atoms with Gasteiger partial charge in [0, 0.05) is 30.3 Å². The van der Waals surface area contributed by atoms with Crippen LogP contribution in [0.3, 0.4) is 0 Å².